The van der Waals surface area contributed by atoms with Crippen molar-refractivity contribution in [1.82, 2.24) is 0 Å². The van der Waals surface area contributed by atoms with Gasteiger partial charge < -0.3 is 14.8 Å². The predicted molar refractivity (Wildman–Crippen MR) is 66.8 cm³/mol. The normalized spacial score (nSPS) is 12.4. The van der Waals surface area contributed by atoms with Gasteiger partial charge in [0.15, 0.2) is 0 Å². The van der Waals surface area contributed by atoms with E-state index in [4.69, 9.17) is 4.74 Å². The van der Waals surface area contributed by atoms with Crippen LogP contribution in [0, 0.1) is 0 Å². The van der Waals surface area contributed by atoms with E-state index in [-0.39, 0.29) is 6.47 Å². The van der Waals surface area contributed by atoms with Gasteiger partial charge >= 0.3 is 5.97 Å². The molecule has 0 heterocycles. The van der Waals surface area contributed by atoms with Crippen LogP contribution in [0.2, 0.25) is 0 Å². The third-order valence-corrected chi connectivity index (χ3v) is 2.19. The van der Waals surface area contributed by atoms with Gasteiger partial charge in [-0.15, -0.1) is 0 Å². The lowest BCUT2D eigenvalue weighted by atomic mass is 10.2. The van der Waals surface area contributed by atoms with Crippen LogP contribution in [0.5, 0.6) is 0 Å². The van der Waals surface area contributed by atoms with Gasteiger partial charge in [-0.25, -0.2) is 4.79 Å². The number of benzene rings is 1. The number of hydrogen-bond acceptors (Lipinski definition) is 5. The molecule has 0 aliphatic heterocycles. The zero-order valence-corrected chi connectivity index (χ0v) is 10.7. The molecule has 98 valence electrons. The molecule has 0 saturated carbocycles. The van der Waals surface area contributed by atoms with E-state index in [1.54, 1.807) is 6.92 Å². The van der Waals surface area contributed by atoms with Crippen molar-refractivity contribution in [1.29, 1.82) is 0 Å². The molecule has 18 heavy (non-hydrogen) atoms. The van der Waals surface area contributed by atoms with E-state index < -0.39 is 17.8 Å². The lowest BCUT2D eigenvalue weighted by Gasteiger charge is -2.25. The van der Waals surface area contributed by atoms with Crippen molar-refractivity contribution >= 4 is 18.1 Å². The second-order valence-corrected chi connectivity index (χ2v) is 4.27. The molecule has 1 rings (SSSR count). The molecular formula is C13H17NO4. The van der Waals surface area contributed by atoms with Gasteiger partial charge in [-0.3, -0.25) is 4.79 Å². The Morgan fingerprint density at radius 3 is 2.50 bits per heavy atom. The summed E-state index contributed by atoms with van der Waals surface area (Å²) in [5, 5.41) is 2.99. The van der Waals surface area contributed by atoms with Gasteiger partial charge in [-0.1, -0.05) is 18.2 Å². The van der Waals surface area contributed by atoms with Crippen molar-refractivity contribution in [3.8, 4) is 0 Å². The largest absolute Gasteiger partial charge is 0.425 e. The second-order valence-electron chi connectivity index (χ2n) is 4.27. The van der Waals surface area contributed by atoms with Crippen molar-refractivity contribution in [2.75, 3.05) is 5.32 Å². The lowest BCUT2D eigenvalue weighted by Crippen LogP contribution is -2.37. The minimum absolute atomic E-state index is 0.253. The number of anilines is 1. The molecule has 1 atom stereocenters. The van der Waals surface area contributed by atoms with Gasteiger partial charge in [0.25, 0.3) is 12.3 Å². The average molecular weight is 251 g/mol. The number of carbonyl (C=O) groups is 2. The van der Waals surface area contributed by atoms with Crippen LogP contribution in [-0.2, 0) is 19.1 Å². The van der Waals surface area contributed by atoms with E-state index in [0.29, 0.717) is 0 Å². The molecule has 1 aromatic rings. The quantitative estimate of drug-likeness (QED) is 0.475. The summed E-state index contributed by atoms with van der Waals surface area (Å²) >= 11 is 0. The van der Waals surface area contributed by atoms with Crippen LogP contribution < -0.4 is 5.32 Å². The van der Waals surface area contributed by atoms with Crippen molar-refractivity contribution < 1.29 is 19.1 Å². The summed E-state index contributed by atoms with van der Waals surface area (Å²) in [6.45, 7) is 4.91. The molecule has 0 aromatic heterocycles. The first-order chi connectivity index (χ1) is 8.44. The minimum Gasteiger partial charge on any atom is -0.425 e. The van der Waals surface area contributed by atoms with Gasteiger partial charge in [-0.2, -0.15) is 0 Å². The first-order valence-electron chi connectivity index (χ1n) is 5.60. The zero-order valence-electron chi connectivity index (χ0n) is 10.7. The maximum atomic E-state index is 11.8. The van der Waals surface area contributed by atoms with E-state index >= 15 is 0 Å². The maximum absolute atomic E-state index is 11.8. The van der Waals surface area contributed by atoms with E-state index in [0.717, 1.165) is 5.69 Å². The van der Waals surface area contributed by atoms with Crippen LogP contribution in [0.25, 0.3) is 0 Å². The fourth-order valence-corrected chi connectivity index (χ4v) is 1.31. The summed E-state index contributed by atoms with van der Waals surface area (Å²) in [4.78, 5) is 22.0. The van der Waals surface area contributed by atoms with Gasteiger partial charge in [0.1, 0.15) is 6.04 Å². The minimum atomic E-state index is -1.26. The van der Waals surface area contributed by atoms with Crippen LogP contribution in [0.4, 0.5) is 5.69 Å². The third kappa shape index (κ3) is 4.45. The summed E-state index contributed by atoms with van der Waals surface area (Å²) in [5.74, 6) is -1.75. The molecule has 5 heteroatoms. The Labute approximate surface area is 106 Å². The van der Waals surface area contributed by atoms with Gasteiger partial charge in [-0.05, 0) is 19.1 Å². The number of ether oxygens (including phenoxy) is 2. The van der Waals surface area contributed by atoms with Gasteiger partial charge in [0.05, 0.1) is 0 Å². The molecular weight excluding hydrogens is 234 g/mol. The molecule has 0 aliphatic carbocycles. The predicted octanol–water partition coefficient (Wildman–Crippen LogP) is 1.94. The first-order valence-corrected chi connectivity index (χ1v) is 5.60. The Balaban J connectivity index is 2.54. The molecule has 1 unspecified atom stereocenters. The summed E-state index contributed by atoms with van der Waals surface area (Å²) in [6.07, 6.45) is 0. The molecule has 0 radical (unpaired) electrons. The smallest absolute Gasteiger partial charge is 0.331 e. The standard InChI is InChI=1S/C13H17NO4/c1-10(14-11-7-5-4-6-8-11)12(16)18-13(2,3)17-9-15/h4-10,14H,1-3H3. The van der Waals surface area contributed by atoms with E-state index in [2.05, 4.69) is 10.1 Å². The van der Waals surface area contributed by atoms with Gasteiger partial charge in [0, 0.05) is 19.5 Å². The highest BCUT2D eigenvalue weighted by Gasteiger charge is 2.27. The Kier molecular flexibility index (Phi) is 4.71. The summed E-state index contributed by atoms with van der Waals surface area (Å²) in [5.41, 5.74) is 0.816. The molecule has 0 amide bonds. The van der Waals surface area contributed by atoms with Crippen LogP contribution in [-0.4, -0.2) is 24.3 Å². The number of rotatable bonds is 6. The Hall–Kier alpha value is -2.04. The van der Waals surface area contributed by atoms with Crippen molar-refractivity contribution in [3.63, 3.8) is 0 Å². The zero-order chi connectivity index (χ0) is 13.6. The van der Waals surface area contributed by atoms with E-state index in [1.807, 2.05) is 30.3 Å². The van der Waals surface area contributed by atoms with Crippen molar-refractivity contribution in [3.05, 3.63) is 30.3 Å². The maximum Gasteiger partial charge on any atom is 0.331 e. The molecule has 5 nitrogen and oxygen atoms in total. The Morgan fingerprint density at radius 1 is 1.33 bits per heavy atom. The number of esters is 1. The second kappa shape index (κ2) is 6.05. The molecule has 1 aromatic carbocycles. The molecule has 1 N–H and O–H groups in total. The highest BCUT2D eigenvalue weighted by molar-refractivity contribution is 5.79. The lowest BCUT2D eigenvalue weighted by molar-refractivity contribution is -0.208. The topological polar surface area (TPSA) is 64.6 Å². The van der Waals surface area contributed by atoms with E-state index in [1.165, 1.54) is 13.8 Å². The highest BCUT2D eigenvalue weighted by atomic mass is 16.7. The van der Waals surface area contributed by atoms with Crippen molar-refractivity contribution in [2.24, 2.45) is 0 Å². The monoisotopic (exact) mass is 251 g/mol. The number of para-hydroxylation sites is 1. The van der Waals surface area contributed by atoms with Crippen LogP contribution in [0.3, 0.4) is 0 Å². The Morgan fingerprint density at radius 2 is 1.94 bits per heavy atom. The Bertz CT molecular complexity index is 403. The molecule has 0 bridgehead atoms. The summed E-state index contributed by atoms with van der Waals surface area (Å²) in [6, 6.07) is 8.75. The van der Waals surface area contributed by atoms with Crippen LogP contribution >= 0.6 is 0 Å². The fraction of sp³-hybridized carbons (Fsp3) is 0.385. The molecule has 0 spiro atoms. The molecule has 0 saturated heterocycles. The number of hydrogen-bond donors (Lipinski definition) is 1. The number of nitrogens with one attached hydrogen (secondary N) is 1. The average Bonchev–Trinajstić information content (AvgIpc) is 2.29. The van der Waals surface area contributed by atoms with Crippen LogP contribution in [0.15, 0.2) is 30.3 Å². The van der Waals surface area contributed by atoms with E-state index in [9.17, 15) is 9.59 Å². The molecule has 0 fully saturated rings. The SMILES string of the molecule is CC(Nc1ccccc1)C(=O)OC(C)(C)OC=O. The van der Waals surface area contributed by atoms with Gasteiger partial charge in [0.2, 0.25) is 0 Å². The molecule has 0 aliphatic rings. The summed E-state index contributed by atoms with van der Waals surface area (Å²) in [7, 11) is 0. The third-order valence-electron chi connectivity index (χ3n) is 2.19. The first kappa shape index (κ1) is 14.0. The highest BCUT2D eigenvalue weighted by Crippen LogP contribution is 2.13. The summed E-state index contributed by atoms with van der Waals surface area (Å²) < 4.78 is 9.71. The van der Waals surface area contributed by atoms with Crippen molar-refractivity contribution in [2.45, 2.75) is 32.6 Å². The fourth-order valence-electron chi connectivity index (χ4n) is 1.31. The van der Waals surface area contributed by atoms with Crippen LogP contribution in [0.1, 0.15) is 20.8 Å². The number of carbonyl (C=O) groups excluding carboxylic acids is 2.